The van der Waals surface area contributed by atoms with Crippen LogP contribution < -0.4 is 14.4 Å². The van der Waals surface area contributed by atoms with E-state index in [9.17, 15) is 4.79 Å². The molecule has 0 aliphatic carbocycles. The van der Waals surface area contributed by atoms with Crippen molar-refractivity contribution in [3.05, 3.63) is 54.6 Å². The Morgan fingerprint density at radius 2 is 1.73 bits per heavy atom. The quantitative estimate of drug-likeness (QED) is 0.648. The molecule has 6 heteroatoms. The minimum atomic E-state index is -0.260. The van der Waals surface area contributed by atoms with Gasteiger partial charge in [0.15, 0.2) is 0 Å². The number of amides is 1. The summed E-state index contributed by atoms with van der Waals surface area (Å²) in [5, 5.41) is 0. The van der Waals surface area contributed by atoms with Crippen LogP contribution in [0.4, 0.5) is 10.5 Å². The van der Waals surface area contributed by atoms with E-state index in [2.05, 4.69) is 4.90 Å². The minimum Gasteiger partial charge on any atom is -0.497 e. The first-order chi connectivity index (χ1) is 14.7. The van der Waals surface area contributed by atoms with Gasteiger partial charge < -0.3 is 19.1 Å². The topological polar surface area (TPSA) is 51.2 Å². The van der Waals surface area contributed by atoms with Gasteiger partial charge in [0.05, 0.1) is 13.7 Å². The largest absolute Gasteiger partial charge is 0.497 e. The molecule has 2 fully saturated rings. The van der Waals surface area contributed by atoms with Gasteiger partial charge in [-0.2, -0.15) is 0 Å². The van der Waals surface area contributed by atoms with E-state index in [1.165, 1.54) is 0 Å². The molecule has 6 nitrogen and oxygen atoms in total. The predicted octanol–water partition coefficient (Wildman–Crippen LogP) is 4.34. The molecule has 0 bridgehead atoms. The van der Waals surface area contributed by atoms with Crippen molar-refractivity contribution in [1.82, 2.24) is 4.90 Å². The second kappa shape index (κ2) is 9.85. The van der Waals surface area contributed by atoms with Crippen molar-refractivity contribution >= 4 is 11.8 Å². The molecule has 2 aliphatic heterocycles. The van der Waals surface area contributed by atoms with Crippen LogP contribution in [-0.2, 0) is 4.74 Å². The summed E-state index contributed by atoms with van der Waals surface area (Å²) >= 11 is 0. The maximum atomic E-state index is 12.2. The molecule has 160 valence electrons. The van der Waals surface area contributed by atoms with Crippen LogP contribution in [0.1, 0.15) is 25.7 Å². The number of benzene rings is 2. The van der Waals surface area contributed by atoms with E-state index < -0.39 is 0 Å². The van der Waals surface area contributed by atoms with Crippen LogP contribution in [0.15, 0.2) is 54.6 Å². The lowest BCUT2D eigenvalue weighted by molar-refractivity contribution is 0.0945. The average molecular weight is 411 g/mol. The third-order valence-corrected chi connectivity index (χ3v) is 5.84. The molecule has 0 saturated carbocycles. The van der Waals surface area contributed by atoms with Crippen LogP contribution in [0.5, 0.6) is 11.5 Å². The third kappa shape index (κ3) is 5.25. The zero-order valence-electron chi connectivity index (χ0n) is 17.5. The standard InChI is InChI=1S/C24H30N2O4/c1-28-20-11-9-19(10-12-20)26-18-23(30-24(26)27)8-5-15-25-16-13-22(14-17-25)29-21-6-3-2-4-7-21/h2-4,6-7,9-12,22-23H,5,8,13-18H2,1H3. The molecule has 1 amide bonds. The first-order valence-corrected chi connectivity index (χ1v) is 10.8. The van der Waals surface area contributed by atoms with Gasteiger partial charge in [-0.15, -0.1) is 0 Å². The van der Waals surface area contributed by atoms with Crippen molar-refractivity contribution in [2.45, 2.75) is 37.9 Å². The van der Waals surface area contributed by atoms with Gasteiger partial charge in [0.2, 0.25) is 0 Å². The lowest BCUT2D eigenvalue weighted by Crippen LogP contribution is -2.38. The SMILES string of the molecule is COc1ccc(N2CC(CCCN3CCC(Oc4ccccc4)CC3)OC2=O)cc1. The summed E-state index contributed by atoms with van der Waals surface area (Å²) in [6, 6.07) is 17.6. The molecule has 4 rings (SSSR count). The molecule has 0 N–H and O–H groups in total. The molecule has 2 aromatic rings. The van der Waals surface area contributed by atoms with Gasteiger partial charge in [-0.3, -0.25) is 4.90 Å². The number of ether oxygens (including phenoxy) is 3. The molecule has 2 saturated heterocycles. The number of cyclic esters (lactones) is 1. The number of carbonyl (C=O) groups excluding carboxylic acids is 1. The zero-order valence-corrected chi connectivity index (χ0v) is 17.5. The Morgan fingerprint density at radius 1 is 1.00 bits per heavy atom. The van der Waals surface area contributed by atoms with Crippen molar-refractivity contribution in [3.8, 4) is 11.5 Å². The highest BCUT2D eigenvalue weighted by Gasteiger charge is 2.32. The van der Waals surface area contributed by atoms with Crippen LogP contribution in [0.3, 0.4) is 0 Å². The average Bonchev–Trinajstić information content (AvgIpc) is 3.16. The van der Waals surface area contributed by atoms with Crippen LogP contribution in [-0.4, -0.2) is 56.5 Å². The Balaban J connectivity index is 1.16. The summed E-state index contributed by atoms with van der Waals surface area (Å²) in [6.07, 6.45) is 4.02. The van der Waals surface area contributed by atoms with E-state index >= 15 is 0 Å². The number of methoxy groups -OCH3 is 1. The fourth-order valence-electron chi connectivity index (χ4n) is 4.13. The number of para-hydroxylation sites is 1. The van der Waals surface area contributed by atoms with Crippen LogP contribution in [0, 0.1) is 0 Å². The molecule has 30 heavy (non-hydrogen) atoms. The highest BCUT2D eigenvalue weighted by atomic mass is 16.6. The van der Waals surface area contributed by atoms with Gasteiger partial charge in [0, 0.05) is 18.8 Å². The normalized spacial score (nSPS) is 20.2. The van der Waals surface area contributed by atoms with Crippen molar-refractivity contribution < 1.29 is 19.0 Å². The number of piperidine rings is 1. The summed E-state index contributed by atoms with van der Waals surface area (Å²) in [5.41, 5.74) is 0.851. The summed E-state index contributed by atoms with van der Waals surface area (Å²) in [6.45, 7) is 3.76. The van der Waals surface area contributed by atoms with E-state index in [4.69, 9.17) is 14.2 Å². The second-order valence-corrected chi connectivity index (χ2v) is 7.93. The summed E-state index contributed by atoms with van der Waals surface area (Å²) < 4.78 is 16.8. The Hall–Kier alpha value is -2.73. The fourth-order valence-corrected chi connectivity index (χ4v) is 4.13. The molecule has 0 aromatic heterocycles. The number of anilines is 1. The van der Waals surface area contributed by atoms with Crippen LogP contribution in [0.25, 0.3) is 0 Å². The molecular formula is C24H30N2O4. The molecule has 1 atom stereocenters. The predicted molar refractivity (Wildman–Crippen MR) is 116 cm³/mol. The molecule has 0 spiro atoms. The number of carbonyl (C=O) groups is 1. The number of hydrogen-bond donors (Lipinski definition) is 0. The van der Waals surface area contributed by atoms with Crippen molar-refractivity contribution in [1.29, 1.82) is 0 Å². The summed E-state index contributed by atoms with van der Waals surface area (Å²) in [5.74, 6) is 1.74. The van der Waals surface area contributed by atoms with Crippen molar-refractivity contribution in [2.24, 2.45) is 0 Å². The Labute approximate surface area is 178 Å². The number of rotatable bonds is 8. The van der Waals surface area contributed by atoms with Gasteiger partial charge in [-0.05, 0) is 68.6 Å². The van der Waals surface area contributed by atoms with E-state index in [-0.39, 0.29) is 12.2 Å². The zero-order chi connectivity index (χ0) is 20.8. The molecule has 0 radical (unpaired) electrons. The van der Waals surface area contributed by atoms with Gasteiger partial charge in [0.25, 0.3) is 0 Å². The molecule has 1 unspecified atom stereocenters. The molecular weight excluding hydrogens is 380 g/mol. The Bertz CT molecular complexity index is 804. The highest BCUT2D eigenvalue weighted by Crippen LogP contribution is 2.26. The van der Waals surface area contributed by atoms with Crippen LogP contribution in [0.2, 0.25) is 0 Å². The monoisotopic (exact) mass is 410 g/mol. The fraction of sp³-hybridized carbons (Fsp3) is 0.458. The van der Waals surface area contributed by atoms with Gasteiger partial charge in [-0.1, -0.05) is 18.2 Å². The first kappa shape index (κ1) is 20.5. The van der Waals surface area contributed by atoms with E-state index in [1.807, 2.05) is 54.6 Å². The van der Waals surface area contributed by atoms with Gasteiger partial charge in [-0.25, -0.2) is 4.79 Å². The molecule has 2 heterocycles. The van der Waals surface area contributed by atoms with E-state index in [1.54, 1.807) is 12.0 Å². The Kier molecular flexibility index (Phi) is 6.74. The third-order valence-electron chi connectivity index (χ3n) is 5.84. The lowest BCUT2D eigenvalue weighted by Gasteiger charge is -2.32. The maximum Gasteiger partial charge on any atom is 0.414 e. The maximum absolute atomic E-state index is 12.2. The van der Waals surface area contributed by atoms with Crippen molar-refractivity contribution in [2.75, 3.05) is 38.2 Å². The van der Waals surface area contributed by atoms with E-state index in [0.29, 0.717) is 12.6 Å². The summed E-state index contributed by atoms with van der Waals surface area (Å²) in [7, 11) is 1.63. The van der Waals surface area contributed by atoms with E-state index in [0.717, 1.165) is 62.5 Å². The smallest absolute Gasteiger partial charge is 0.414 e. The highest BCUT2D eigenvalue weighted by molar-refractivity contribution is 5.89. The van der Waals surface area contributed by atoms with Gasteiger partial charge in [0.1, 0.15) is 23.7 Å². The second-order valence-electron chi connectivity index (χ2n) is 7.93. The first-order valence-electron chi connectivity index (χ1n) is 10.8. The molecule has 2 aliphatic rings. The Morgan fingerprint density at radius 3 is 2.43 bits per heavy atom. The number of likely N-dealkylation sites (tertiary alicyclic amines) is 1. The molecule has 2 aromatic carbocycles. The minimum absolute atomic E-state index is 0.0430. The van der Waals surface area contributed by atoms with Gasteiger partial charge >= 0.3 is 6.09 Å². The van der Waals surface area contributed by atoms with Crippen LogP contribution >= 0.6 is 0 Å². The lowest BCUT2D eigenvalue weighted by atomic mass is 10.1. The number of nitrogens with zero attached hydrogens (tertiary/aromatic N) is 2. The number of hydrogen-bond acceptors (Lipinski definition) is 5. The summed E-state index contributed by atoms with van der Waals surface area (Å²) in [4.78, 5) is 16.4. The van der Waals surface area contributed by atoms with Crippen molar-refractivity contribution in [3.63, 3.8) is 0 Å².